The molecule has 19 heteroatoms. The zero-order chi connectivity index (χ0) is 52.2. The summed E-state index contributed by atoms with van der Waals surface area (Å²) in [7, 11) is 0. The molecule has 1 heterocycles. The van der Waals surface area contributed by atoms with Crippen LogP contribution in [0.4, 0.5) is 0 Å². The Hall–Kier alpha value is -4.14. The maximum Gasteiger partial charge on any atom is 0.320 e. The number of carbonyl (C=O) groups is 7. The van der Waals surface area contributed by atoms with Crippen LogP contribution in [0.3, 0.4) is 0 Å². The summed E-state index contributed by atoms with van der Waals surface area (Å²) >= 11 is 0. The van der Waals surface area contributed by atoms with Gasteiger partial charge >= 0.3 is 11.9 Å². The van der Waals surface area contributed by atoms with Gasteiger partial charge in [0.1, 0.15) is 30.8 Å². The SMILES string of the molecule is CCCCCCCCCCCCCCCCCC(=O)CNC(CCC(=O)CCCOCCOCC(=O)NCCOCCOCC(=O)NCCCC[C@H](CC(C)C(=O)[C@@H](N)Cc1cnc[nH]1)C(=O)O)C(=O)O. The number of imidazole rings is 1. The zero-order valence-electron chi connectivity index (χ0n) is 43.3. The highest BCUT2D eigenvalue weighted by Gasteiger charge is 2.27. The summed E-state index contributed by atoms with van der Waals surface area (Å²) in [4.78, 5) is 91.9. The average Bonchev–Trinajstić information content (AvgIpc) is 3.86. The molecule has 0 aliphatic rings. The van der Waals surface area contributed by atoms with Gasteiger partial charge in [0.05, 0.1) is 57.9 Å². The standard InChI is InChI=1S/C52H92N6O13/c1-3-4-5-6-7-8-9-10-11-12-13-14-15-16-17-22-45(60)37-57-47(52(66)67)25-24-44(59)23-20-28-68-30-32-70-39-49(62)56-27-29-69-31-33-71-38-48(61)55-26-19-18-21-42(51(64)65)34-41(2)50(63)46(53)35-43-36-54-40-58-43/h36,40-42,46-47,57H,3-35,37-39,53H2,1-2H3,(H,54,58)(H,55,61)(H,56,62)(H,64,65)(H,66,67)/t41?,42-,46+,47?/m1/s1. The summed E-state index contributed by atoms with van der Waals surface area (Å²) in [6.45, 7) is 5.60. The van der Waals surface area contributed by atoms with Crippen LogP contribution in [0.25, 0.3) is 0 Å². The summed E-state index contributed by atoms with van der Waals surface area (Å²) in [6.07, 6.45) is 25.3. The maximum atomic E-state index is 12.7. The number of carboxylic acid groups (broad SMARTS) is 2. The van der Waals surface area contributed by atoms with Crippen molar-refractivity contribution in [3.05, 3.63) is 18.2 Å². The number of ketones is 3. The number of rotatable bonds is 52. The van der Waals surface area contributed by atoms with E-state index >= 15 is 0 Å². The number of Topliss-reactive ketones (excluding diaryl/α,β-unsaturated/α-hetero) is 3. The zero-order valence-corrected chi connectivity index (χ0v) is 43.3. The van der Waals surface area contributed by atoms with Gasteiger partial charge in [-0.1, -0.05) is 110 Å². The number of hydrogen-bond acceptors (Lipinski definition) is 14. The number of aromatic nitrogens is 2. The monoisotopic (exact) mass is 1010 g/mol. The van der Waals surface area contributed by atoms with Crippen molar-refractivity contribution in [3.63, 3.8) is 0 Å². The van der Waals surface area contributed by atoms with Crippen molar-refractivity contribution in [1.82, 2.24) is 25.9 Å². The quantitative estimate of drug-likeness (QED) is 0.0366. The second kappa shape index (κ2) is 44.6. The summed E-state index contributed by atoms with van der Waals surface area (Å²) in [5.74, 6) is -4.16. The van der Waals surface area contributed by atoms with Gasteiger partial charge in [0.25, 0.3) is 0 Å². The van der Waals surface area contributed by atoms with Gasteiger partial charge in [0.2, 0.25) is 11.8 Å². The smallest absolute Gasteiger partial charge is 0.320 e. The lowest BCUT2D eigenvalue weighted by Crippen LogP contribution is -2.40. The number of amides is 2. The molecule has 71 heavy (non-hydrogen) atoms. The van der Waals surface area contributed by atoms with Crippen molar-refractivity contribution in [2.45, 2.75) is 186 Å². The Morgan fingerprint density at radius 3 is 1.73 bits per heavy atom. The van der Waals surface area contributed by atoms with E-state index < -0.39 is 35.9 Å². The first-order valence-electron chi connectivity index (χ1n) is 26.7. The fourth-order valence-electron chi connectivity index (χ4n) is 8.00. The third-order valence-electron chi connectivity index (χ3n) is 12.3. The number of carboxylic acids is 2. The van der Waals surface area contributed by atoms with Crippen LogP contribution in [0.1, 0.15) is 174 Å². The van der Waals surface area contributed by atoms with Crippen molar-refractivity contribution in [1.29, 1.82) is 0 Å². The van der Waals surface area contributed by atoms with Crippen molar-refractivity contribution >= 4 is 41.1 Å². The second-order valence-electron chi connectivity index (χ2n) is 18.7. The lowest BCUT2D eigenvalue weighted by molar-refractivity contribution is -0.143. The maximum absolute atomic E-state index is 12.7. The van der Waals surface area contributed by atoms with Gasteiger partial charge in [0, 0.05) is 63.2 Å². The Bertz CT molecular complexity index is 1570. The lowest BCUT2D eigenvalue weighted by atomic mass is 9.86. The number of hydrogen-bond donors (Lipinski definition) is 7. The highest BCUT2D eigenvalue weighted by Crippen LogP contribution is 2.21. The Morgan fingerprint density at radius 1 is 0.620 bits per heavy atom. The fourth-order valence-corrected chi connectivity index (χ4v) is 8.00. The number of carbonyl (C=O) groups excluding carboxylic acids is 5. The number of H-pyrrole nitrogens is 1. The van der Waals surface area contributed by atoms with E-state index in [1.54, 1.807) is 13.1 Å². The molecule has 0 bridgehead atoms. The van der Waals surface area contributed by atoms with Crippen LogP contribution in [0.5, 0.6) is 0 Å². The number of unbranched alkanes of at least 4 members (excludes halogenated alkanes) is 15. The van der Waals surface area contributed by atoms with E-state index in [0.717, 1.165) is 25.0 Å². The van der Waals surface area contributed by atoms with Gasteiger partial charge in [-0.15, -0.1) is 0 Å². The normalized spacial score (nSPS) is 13.1. The van der Waals surface area contributed by atoms with E-state index in [0.29, 0.717) is 51.7 Å². The minimum atomic E-state index is -1.08. The Balaban J connectivity index is 1.95. The molecule has 0 spiro atoms. The summed E-state index contributed by atoms with van der Waals surface area (Å²) in [6, 6.07) is -1.70. The van der Waals surface area contributed by atoms with Crippen molar-refractivity contribution < 1.29 is 62.7 Å². The van der Waals surface area contributed by atoms with Crippen LogP contribution in [-0.2, 0) is 58.9 Å². The summed E-state index contributed by atoms with van der Waals surface area (Å²) in [5.41, 5.74) is 6.78. The molecule has 19 nitrogen and oxygen atoms in total. The second-order valence-corrected chi connectivity index (χ2v) is 18.7. The fraction of sp³-hybridized carbons (Fsp3) is 0.808. The van der Waals surface area contributed by atoms with E-state index in [9.17, 15) is 43.8 Å². The minimum Gasteiger partial charge on any atom is -0.481 e. The van der Waals surface area contributed by atoms with Crippen LogP contribution in [0.2, 0.25) is 0 Å². The first kappa shape index (κ1) is 64.9. The predicted octanol–water partition coefficient (Wildman–Crippen LogP) is 6.05. The van der Waals surface area contributed by atoms with Gasteiger partial charge in [-0.05, 0) is 38.5 Å². The molecule has 0 saturated carbocycles. The summed E-state index contributed by atoms with van der Waals surface area (Å²) < 4.78 is 21.5. The lowest BCUT2D eigenvalue weighted by Gasteiger charge is -2.19. The van der Waals surface area contributed by atoms with E-state index in [2.05, 4.69) is 32.8 Å². The number of nitrogens with one attached hydrogen (secondary N) is 4. The molecule has 0 radical (unpaired) electrons. The Labute approximate surface area is 423 Å². The molecule has 8 N–H and O–H groups in total. The molecular formula is C52H92N6O13. The predicted molar refractivity (Wildman–Crippen MR) is 271 cm³/mol. The number of aromatic amines is 1. The molecule has 1 rings (SSSR count). The highest BCUT2D eigenvalue weighted by molar-refractivity contribution is 5.86. The van der Waals surface area contributed by atoms with Crippen molar-refractivity contribution in [2.24, 2.45) is 17.6 Å². The molecule has 408 valence electrons. The van der Waals surface area contributed by atoms with E-state index in [4.69, 9.17) is 24.7 Å². The Kier molecular flexibility index (Phi) is 40.7. The van der Waals surface area contributed by atoms with Crippen LogP contribution < -0.4 is 21.7 Å². The van der Waals surface area contributed by atoms with Gasteiger partial charge in [-0.3, -0.25) is 38.9 Å². The van der Waals surface area contributed by atoms with Crippen LogP contribution in [0, 0.1) is 11.8 Å². The number of aliphatic carboxylic acids is 2. The first-order chi connectivity index (χ1) is 34.3. The third kappa shape index (κ3) is 38.2. The number of nitrogens with two attached hydrogens (primary N) is 1. The molecule has 2 unspecified atom stereocenters. The van der Waals surface area contributed by atoms with E-state index in [1.165, 1.54) is 83.4 Å². The van der Waals surface area contributed by atoms with E-state index in [-0.39, 0.29) is 114 Å². The van der Waals surface area contributed by atoms with Gasteiger partial charge < -0.3 is 50.5 Å². The molecule has 0 aromatic carbocycles. The molecule has 0 fully saturated rings. The molecular weight excluding hydrogens is 917 g/mol. The molecule has 0 aliphatic carbocycles. The van der Waals surface area contributed by atoms with Crippen LogP contribution in [-0.4, -0.2) is 146 Å². The topological polar surface area (TPSA) is 288 Å². The number of ether oxygens (including phenoxy) is 4. The molecule has 0 aliphatic heterocycles. The van der Waals surface area contributed by atoms with Crippen molar-refractivity contribution in [2.75, 3.05) is 72.5 Å². The molecule has 4 atom stereocenters. The third-order valence-corrected chi connectivity index (χ3v) is 12.3. The van der Waals surface area contributed by atoms with Crippen LogP contribution >= 0.6 is 0 Å². The minimum absolute atomic E-state index is 0.00737. The highest BCUT2D eigenvalue weighted by atomic mass is 16.5. The van der Waals surface area contributed by atoms with Gasteiger partial charge in [-0.25, -0.2) is 4.98 Å². The van der Waals surface area contributed by atoms with E-state index in [1.807, 2.05) is 0 Å². The average molecular weight is 1010 g/mol. The van der Waals surface area contributed by atoms with Gasteiger partial charge in [0.15, 0.2) is 5.78 Å². The van der Waals surface area contributed by atoms with Crippen molar-refractivity contribution in [3.8, 4) is 0 Å². The first-order valence-corrected chi connectivity index (χ1v) is 26.7. The molecule has 2 amide bonds. The summed E-state index contributed by atoms with van der Waals surface area (Å²) in [5, 5.41) is 27.5. The van der Waals surface area contributed by atoms with Gasteiger partial charge in [-0.2, -0.15) is 0 Å². The molecule has 1 aromatic heterocycles. The van der Waals surface area contributed by atoms with Crippen LogP contribution in [0.15, 0.2) is 12.5 Å². The largest absolute Gasteiger partial charge is 0.481 e. The number of nitrogens with zero attached hydrogens (tertiary/aromatic N) is 1. The molecule has 0 saturated heterocycles. The Morgan fingerprint density at radius 2 is 1.17 bits per heavy atom. The molecule has 1 aromatic rings.